The number of ether oxygens (including phenoxy) is 1. The van der Waals surface area contributed by atoms with E-state index in [4.69, 9.17) is 9.84 Å². The summed E-state index contributed by atoms with van der Waals surface area (Å²) in [5, 5.41) is 8.91. The minimum absolute atomic E-state index is 0.103. The Hall–Kier alpha value is -1.89. The van der Waals surface area contributed by atoms with E-state index < -0.39 is 5.97 Å². The largest absolute Gasteiger partial charge is 0.481 e. The van der Waals surface area contributed by atoms with Gasteiger partial charge in [-0.25, -0.2) is 9.97 Å². The van der Waals surface area contributed by atoms with Crippen LogP contribution in [0.15, 0.2) is 12.4 Å². The molecule has 1 rings (SSSR count). The molecule has 0 atom stereocenters. The molecule has 0 aromatic carbocycles. The second-order valence-electron chi connectivity index (χ2n) is 4.04. The maximum Gasteiger partial charge on any atom is 0.323 e. The van der Waals surface area contributed by atoms with E-state index in [9.17, 15) is 4.79 Å². The predicted molar refractivity (Wildman–Crippen MR) is 67.0 cm³/mol. The Morgan fingerprint density at radius 3 is 2.67 bits per heavy atom. The van der Waals surface area contributed by atoms with Gasteiger partial charge in [-0.2, -0.15) is 0 Å². The van der Waals surface area contributed by atoms with Crippen LogP contribution in [0, 0.1) is 0 Å². The van der Waals surface area contributed by atoms with Crippen molar-refractivity contribution in [1.82, 2.24) is 14.9 Å². The summed E-state index contributed by atoms with van der Waals surface area (Å²) in [7, 11) is 5.37. The van der Waals surface area contributed by atoms with Gasteiger partial charge in [-0.3, -0.25) is 4.79 Å². The van der Waals surface area contributed by atoms with Gasteiger partial charge in [0, 0.05) is 19.2 Å². The smallest absolute Gasteiger partial charge is 0.323 e. The molecule has 0 aliphatic carbocycles. The average molecular weight is 254 g/mol. The first-order valence-corrected chi connectivity index (χ1v) is 5.50. The van der Waals surface area contributed by atoms with Crippen molar-refractivity contribution in [2.24, 2.45) is 0 Å². The van der Waals surface area contributed by atoms with Crippen LogP contribution in [0.25, 0.3) is 0 Å². The van der Waals surface area contributed by atoms with Crippen LogP contribution in [0.2, 0.25) is 0 Å². The van der Waals surface area contributed by atoms with Gasteiger partial charge >= 0.3 is 5.97 Å². The Morgan fingerprint density at radius 2 is 2.11 bits per heavy atom. The van der Waals surface area contributed by atoms with Crippen molar-refractivity contribution in [3.05, 3.63) is 12.4 Å². The third-order valence-electron chi connectivity index (χ3n) is 2.30. The molecule has 1 heterocycles. The zero-order valence-electron chi connectivity index (χ0n) is 10.8. The van der Waals surface area contributed by atoms with Crippen LogP contribution in [0.1, 0.15) is 0 Å². The van der Waals surface area contributed by atoms with Crippen LogP contribution in [-0.4, -0.2) is 66.8 Å². The Morgan fingerprint density at radius 1 is 1.39 bits per heavy atom. The van der Waals surface area contributed by atoms with E-state index in [1.807, 2.05) is 19.0 Å². The molecule has 0 aliphatic rings. The van der Waals surface area contributed by atoms with Crippen molar-refractivity contribution in [3.63, 3.8) is 0 Å². The standard InChI is InChI=1S/C11H18N4O3/c1-14(2)4-5-15(7-11(16)17)9-6-10(18-3)13-8-12-9/h6,8H,4-5,7H2,1-3H3,(H,16,17). The normalized spacial score (nSPS) is 10.4. The van der Waals surface area contributed by atoms with Crippen LogP contribution >= 0.6 is 0 Å². The molecule has 0 bridgehead atoms. The molecule has 1 aromatic heterocycles. The monoisotopic (exact) mass is 254 g/mol. The van der Waals surface area contributed by atoms with Crippen LogP contribution < -0.4 is 9.64 Å². The lowest BCUT2D eigenvalue weighted by atomic mass is 10.4. The topological polar surface area (TPSA) is 78.8 Å². The Labute approximate surface area is 106 Å². The van der Waals surface area contributed by atoms with Gasteiger partial charge in [-0.15, -0.1) is 0 Å². The maximum atomic E-state index is 10.9. The molecule has 0 saturated carbocycles. The van der Waals surface area contributed by atoms with Crippen LogP contribution in [-0.2, 0) is 4.79 Å². The first-order valence-electron chi connectivity index (χ1n) is 5.50. The van der Waals surface area contributed by atoms with E-state index in [1.54, 1.807) is 11.0 Å². The molecule has 0 saturated heterocycles. The number of methoxy groups -OCH3 is 1. The Kier molecular flexibility index (Phi) is 5.31. The zero-order chi connectivity index (χ0) is 13.5. The van der Waals surface area contributed by atoms with E-state index >= 15 is 0 Å². The number of rotatable bonds is 7. The molecular weight excluding hydrogens is 236 g/mol. The van der Waals surface area contributed by atoms with Gasteiger partial charge in [0.2, 0.25) is 5.88 Å². The van der Waals surface area contributed by atoms with Crippen molar-refractivity contribution in [3.8, 4) is 5.88 Å². The quantitative estimate of drug-likeness (QED) is 0.730. The number of carboxylic acids is 1. The number of aliphatic carboxylic acids is 1. The number of hydrogen-bond donors (Lipinski definition) is 1. The lowest BCUT2D eigenvalue weighted by Gasteiger charge is -2.23. The lowest BCUT2D eigenvalue weighted by molar-refractivity contribution is -0.135. The minimum atomic E-state index is -0.897. The SMILES string of the molecule is COc1cc(N(CCN(C)C)CC(=O)O)ncn1. The number of aromatic nitrogens is 2. The second kappa shape index (κ2) is 6.75. The number of anilines is 1. The number of hydrogen-bond acceptors (Lipinski definition) is 6. The molecule has 7 nitrogen and oxygen atoms in total. The highest BCUT2D eigenvalue weighted by Gasteiger charge is 2.13. The summed E-state index contributed by atoms with van der Waals surface area (Å²) in [6.07, 6.45) is 1.36. The summed E-state index contributed by atoms with van der Waals surface area (Å²) in [5.74, 6) is 0.0673. The molecule has 0 unspecified atom stereocenters. The summed E-state index contributed by atoms with van der Waals surface area (Å²) < 4.78 is 5.00. The number of carboxylic acid groups (broad SMARTS) is 1. The molecule has 0 aliphatic heterocycles. The van der Waals surface area contributed by atoms with Gasteiger partial charge in [-0.1, -0.05) is 0 Å². The van der Waals surface area contributed by atoms with Gasteiger partial charge in [-0.05, 0) is 14.1 Å². The fourth-order valence-electron chi connectivity index (χ4n) is 1.37. The van der Waals surface area contributed by atoms with Crippen LogP contribution in [0.3, 0.4) is 0 Å². The number of carbonyl (C=O) groups is 1. The Bertz CT molecular complexity index is 398. The van der Waals surface area contributed by atoms with Crippen LogP contribution in [0.5, 0.6) is 5.88 Å². The molecule has 0 radical (unpaired) electrons. The van der Waals surface area contributed by atoms with Gasteiger partial charge in [0.1, 0.15) is 18.7 Å². The molecule has 18 heavy (non-hydrogen) atoms. The zero-order valence-corrected chi connectivity index (χ0v) is 10.8. The summed E-state index contributed by atoms with van der Waals surface area (Å²) in [6.45, 7) is 1.20. The third-order valence-corrected chi connectivity index (χ3v) is 2.30. The first-order chi connectivity index (χ1) is 8.52. The number of nitrogens with zero attached hydrogens (tertiary/aromatic N) is 4. The minimum Gasteiger partial charge on any atom is -0.481 e. The maximum absolute atomic E-state index is 10.9. The van der Waals surface area contributed by atoms with Crippen molar-refractivity contribution in [2.75, 3.05) is 45.7 Å². The summed E-state index contributed by atoms with van der Waals surface area (Å²) >= 11 is 0. The van der Waals surface area contributed by atoms with Crippen molar-refractivity contribution in [2.45, 2.75) is 0 Å². The molecule has 1 N–H and O–H groups in total. The molecule has 1 aromatic rings. The molecule has 7 heteroatoms. The highest BCUT2D eigenvalue weighted by Crippen LogP contribution is 2.14. The highest BCUT2D eigenvalue weighted by atomic mass is 16.5. The van der Waals surface area contributed by atoms with Gasteiger partial charge < -0.3 is 19.6 Å². The lowest BCUT2D eigenvalue weighted by Crippen LogP contribution is -2.36. The fraction of sp³-hybridized carbons (Fsp3) is 0.545. The number of likely N-dealkylation sites (N-methyl/N-ethyl adjacent to an activating group) is 1. The van der Waals surface area contributed by atoms with Gasteiger partial charge in [0.15, 0.2) is 0 Å². The molecule has 0 spiro atoms. The summed E-state index contributed by atoms with van der Waals surface area (Å²) in [4.78, 5) is 22.5. The van der Waals surface area contributed by atoms with Gasteiger partial charge in [0.05, 0.1) is 7.11 Å². The van der Waals surface area contributed by atoms with Gasteiger partial charge in [0.25, 0.3) is 0 Å². The fourth-order valence-corrected chi connectivity index (χ4v) is 1.37. The van der Waals surface area contributed by atoms with Crippen LogP contribution in [0.4, 0.5) is 5.82 Å². The van der Waals surface area contributed by atoms with Crippen molar-refractivity contribution >= 4 is 11.8 Å². The van der Waals surface area contributed by atoms with E-state index in [1.165, 1.54) is 13.4 Å². The summed E-state index contributed by atoms with van der Waals surface area (Å²) in [6, 6.07) is 1.62. The van der Waals surface area contributed by atoms with E-state index in [0.29, 0.717) is 18.2 Å². The second-order valence-corrected chi connectivity index (χ2v) is 4.04. The molecule has 0 fully saturated rings. The van der Waals surface area contributed by atoms with Crippen molar-refractivity contribution < 1.29 is 14.6 Å². The predicted octanol–water partition coefficient (Wildman–Crippen LogP) is -0.0622. The molecule has 100 valence electrons. The van der Waals surface area contributed by atoms with E-state index in [-0.39, 0.29) is 6.54 Å². The van der Waals surface area contributed by atoms with E-state index in [2.05, 4.69) is 9.97 Å². The van der Waals surface area contributed by atoms with E-state index in [0.717, 1.165) is 6.54 Å². The highest BCUT2D eigenvalue weighted by molar-refractivity contribution is 5.73. The Balaban J connectivity index is 2.82. The molecule has 0 amide bonds. The summed E-state index contributed by atoms with van der Waals surface area (Å²) in [5.41, 5.74) is 0. The van der Waals surface area contributed by atoms with Crippen molar-refractivity contribution in [1.29, 1.82) is 0 Å². The average Bonchev–Trinajstić information content (AvgIpc) is 2.34. The first kappa shape index (κ1) is 14.2. The molecular formula is C11H18N4O3. The third kappa shape index (κ3) is 4.54.